The molecule has 0 aliphatic carbocycles. The molecule has 0 saturated carbocycles. The average Bonchev–Trinajstić information content (AvgIpc) is 2.51. The number of nitrogen functional groups attached to an aromatic ring is 1. The Morgan fingerprint density at radius 1 is 1.50 bits per heavy atom. The van der Waals surface area contributed by atoms with Crippen molar-refractivity contribution in [1.29, 1.82) is 0 Å². The standard InChI is InChI=1S/C11H20N4O/c1-7-6-14(3)8(2)4-9(7)15-10(12)5-11(16)13-15/h5,7-9H,4,6,12H2,1-3H3,(H,13,16)/t7-,8-,9-/m0/s1. The number of aromatic nitrogens is 2. The van der Waals surface area contributed by atoms with Gasteiger partial charge in [-0.05, 0) is 26.3 Å². The second-order valence-electron chi connectivity index (χ2n) is 4.98. The lowest BCUT2D eigenvalue weighted by molar-refractivity contribution is 0.102. The number of hydrogen-bond acceptors (Lipinski definition) is 3. The van der Waals surface area contributed by atoms with Gasteiger partial charge in [-0.2, -0.15) is 0 Å². The van der Waals surface area contributed by atoms with Crippen molar-refractivity contribution in [2.24, 2.45) is 5.92 Å². The molecule has 0 amide bonds. The van der Waals surface area contributed by atoms with Crippen LogP contribution in [0.25, 0.3) is 0 Å². The zero-order chi connectivity index (χ0) is 11.9. The first-order valence-corrected chi connectivity index (χ1v) is 5.76. The van der Waals surface area contributed by atoms with Crippen LogP contribution in [0.2, 0.25) is 0 Å². The Morgan fingerprint density at radius 2 is 2.19 bits per heavy atom. The zero-order valence-electron chi connectivity index (χ0n) is 10.1. The fourth-order valence-corrected chi connectivity index (χ4v) is 2.57. The number of nitrogens with two attached hydrogens (primary N) is 1. The van der Waals surface area contributed by atoms with E-state index < -0.39 is 0 Å². The molecule has 0 spiro atoms. The Labute approximate surface area is 95.2 Å². The largest absolute Gasteiger partial charge is 0.384 e. The number of likely N-dealkylation sites (tertiary alicyclic amines) is 1. The number of nitrogens with one attached hydrogen (secondary N) is 1. The highest BCUT2D eigenvalue weighted by atomic mass is 16.1. The van der Waals surface area contributed by atoms with Gasteiger partial charge in [0.25, 0.3) is 5.56 Å². The van der Waals surface area contributed by atoms with Gasteiger partial charge in [-0.1, -0.05) is 6.92 Å². The van der Waals surface area contributed by atoms with E-state index in [-0.39, 0.29) is 5.56 Å². The van der Waals surface area contributed by atoms with Crippen molar-refractivity contribution < 1.29 is 0 Å². The summed E-state index contributed by atoms with van der Waals surface area (Å²) in [6.45, 7) is 5.44. The van der Waals surface area contributed by atoms with Gasteiger partial charge in [0, 0.05) is 18.7 Å². The minimum Gasteiger partial charge on any atom is -0.384 e. The normalized spacial score (nSPS) is 31.8. The number of rotatable bonds is 1. The molecule has 5 heteroatoms. The molecular formula is C11H20N4O. The quantitative estimate of drug-likeness (QED) is 0.736. The van der Waals surface area contributed by atoms with Crippen LogP contribution in [-0.4, -0.2) is 34.3 Å². The molecular weight excluding hydrogens is 204 g/mol. The lowest BCUT2D eigenvalue weighted by Crippen LogP contribution is -2.44. The van der Waals surface area contributed by atoms with Crippen LogP contribution in [0.5, 0.6) is 0 Å². The first-order valence-electron chi connectivity index (χ1n) is 5.76. The molecule has 2 heterocycles. The number of nitrogens with zero attached hydrogens (tertiary/aromatic N) is 2. The Bertz CT molecular complexity index is 422. The summed E-state index contributed by atoms with van der Waals surface area (Å²) in [6.07, 6.45) is 1.02. The van der Waals surface area contributed by atoms with Gasteiger partial charge in [0.15, 0.2) is 0 Å². The molecule has 1 aromatic heterocycles. The Kier molecular flexibility index (Phi) is 2.80. The number of aromatic amines is 1. The summed E-state index contributed by atoms with van der Waals surface area (Å²) in [6, 6.07) is 2.27. The highest BCUT2D eigenvalue weighted by Crippen LogP contribution is 2.31. The predicted octanol–water partition coefficient (Wildman–Crippen LogP) is 0.660. The lowest BCUT2D eigenvalue weighted by atomic mass is 9.90. The first-order chi connectivity index (χ1) is 7.49. The van der Waals surface area contributed by atoms with Crippen LogP contribution in [0.4, 0.5) is 5.82 Å². The third kappa shape index (κ3) is 1.87. The van der Waals surface area contributed by atoms with Gasteiger partial charge in [-0.3, -0.25) is 14.6 Å². The van der Waals surface area contributed by atoms with Crippen LogP contribution >= 0.6 is 0 Å². The minimum absolute atomic E-state index is 0.115. The van der Waals surface area contributed by atoms with Gasteiger partial charge in [0.05, 0.1) is 6.04 Å². The Morgan fingerprint density at radius 3 is 2.75 bits per heavy atom. The Hall–Kier alpha value is -1.23. The number of anilines is 1. The average molecular weight is 224 g/mol. The van der Waals surface area contributed by atoms with Crippen LogP contribution in [0.15, 0.2) is 10.9 Å². The summed E-state index contributed by atoms with van der Waals surface area (Å²) < 4.78 is 1.83. The van der Waals surface area contributed by atoms with E-state index in [9.17, 15) is 4.79 Å². The molecule has 3 N–H and O–H groups in total. The molecule has 0 unspecified atom stereocenters. The molecule has 1 aromatic rings. The van der Waals surface area contributed by atoms with Gasteiger partial charge in [-0.25, -0.2) is 0 Å². The molecule has 90 valence electrons. The van der Waals surface area contributed by atoms with Crippen LogP contribution in [-0.2, 0) is 0 Å². The molecule has 16 heavy (non-hydrogen) atoms. The van der Waals surface area contributed by atoms with Crippen LogP contribution in [0.3, 0.4) is 0 Å². The molecule has 1 aliphatic rings. The predicted molar refractivity (Wildman–Crippen MR) is 64.4 cm³/mol. The molecule has 5 nitrogen and oxygen atoms in total. The number of hydrogen-bond donors (Lipinski definition) is 2. The van der Waals surface area contributed by atoms with Crippen molar-refractivity contribution >= 4 is 5.82 Å². The summed E-state index contributed by atoms with van der Waals surface area (Å²) in [5, 5.41) is 2.80. The van der Waals surface area contributed by atoms with Crippen molar-refractivity contribution in [1.82, 2.24) is 14.7 Å². The van der Waals surface area contributed by atoms with E-state index in [1.807, 2.05) is 4.68 Å². The maximum Gasteiger partial charge on any atom is 0.266 e. The van der Waals surface area contributed by atoms with Crippen molar-refractivity contribution in [3.63, 3.8) is 0 Å². The van der Waals surface area contributed by atoms with Crippen molar-refractivity contribution in [2.45, 2.75) is 32.4 Å². The van der Waals surface area contributed by atoms with E-state index in [2.05, 4.69) is 30.9 Å². The third-order valence-electron chi connectivity index (χ3n) is 3.69. The van der Waals surface area contributed by atoms with E-state index in [1.165, 1.54) is 6.07 Å². The van der Waals surface area contributed by atoms with Gasteiger partial charge in [0.1, 0.15) is 5.82 Å². The SMILES string of the molecule is C[C@H]1CN(C)[C@@H](C)C[C@@H]1n1[nH]c(=O)cc1N. The van der Waals surface area contributed by atoms with Gasteiger partial charge < -0.3 is 10.6 Å². The summed E-state index contributed by atoms with van der Waals surface area (Å²) in [5.41, 5.74) is 5.72. The second kappa shape index (κ2) is 3.97. The molecule has 2 rings (SSSR count). The van der Waals surface area contributed by atoms with E-state index in [0.717, 1.165) is 13.0 Å². The van der Waals surface area contributed by atoms with Crippen molar-refractivity contribution in [3.8, 4) is 0 Å². The molecule has 3 atom stereocenters. The molecule has 1 saturated heterocycles. The molecule has 1 fully saturated rings. The first kappa shape index (κ1) is 11.3. The topological polar surface area (TPSA) is 67.0 Å². The Balaban J connectivity index is 2.27. The molecule has 1 aliphatic heterocycles. The summed E-state index contributed by atoms with van der Waals surface area (Å²) in [5.74, 6) is 1.03. The maximum absolute atomic E-state index is 11.2. The smallest absolute Gasteiger partial charge is 0.266 e. The fraction of sp³-hybridized carbons (Fsp3) is 0.727. The van der Waals surface area contributed by atoms with Gasteiger partial charge in [0.2, 0.25) is 0 Å². The van der Waals surface area contributed by atoms with E-state index in [4.69, 9.17) is 5.73 Å². The van der Waals surface area contributed by atoms with Crippen molar-refractivity contribution in [2.75, 3.05) is 19.3 Å². The van der Waals surface area contributed by atoms with E-state index in [1.54, 1.807) is 0 Å². The molecule has 0 bridgehead atoms. The van der Waals surface area contributed by atoms with E-state index in [0.29, 0.717) is 23.8 Å². The number of H-pyrrole nitrogens is 1. The van der Waals surface area contributed by atoms with Gasteiger partial charge >= 0.3 is 0 Å². The van der Waals surface area contributed by atoms with E-state index >= 15 is 0 Å². The highest BCUT2D eigenvalue weighted by molar-refractivity contribution is 5.27. The highest BCUT2D eigenvalue weighted by Gasteiger charge is 2.31. The molecule has 0 radical (unpaired) electrons. The summed E-state index contributed by atoms with van der Waals surface area (Å²) in [7, 11) is 2.14. The van der Waals surface area contributed by atoms with Crippen LogP contribution in [0.1, 0.15) is 26.3 Å². The second-order valence-corrected chi connectivity index (χ2v) is 4.98. The van der Waals surface area contributed by atoms with Crippen molar-refractivity contribution in [3.05, 3.63) is 16.4 Å². The summed E-state index contributed by atoms with van der Waals surface area (Å²) >= 11 is 0. The summed E-state index contributed by atoms with van der Waals surface area (Å²) in [4.78, 5) is 13.6. The molecule has 0 aromatic carbocycles. The van der Waals surface area contributed by atoms with Gasteiger partial charge in [-0.15, -0.1) is 0 Å². The lowest BCUT2D eigenvalue weighted by Gasteiger charge is -2.40. The maximum atomic E-state index is 11.2. The fourth-order valence-electron chi connectivity index (χ4n) is 2.57. The third-order valence-corrected chi connectivity index (χ3v) is 3.69. The van der Waals surface area contributed by atoms with Crippen LogP contribution < -0.4 is 11.3 Å². The number of piperidine rings is 1. The minimum atomic E-state index is -0.115. The monoisotopic (exact) mass is 224 g/mol. The van der Waals surface area contributed by atoms with Crippen LogP contribution in [0, 0.1) is 5.92 Å². The zero-order valence-corrected chi connectivity index (χ0v) is 10.1.